The van der Waals surface area contributed by atoms with E-state index >= 15 is 0 Å². The van der Waals surface area contributed by atoms with E-state index in [9.17, 15) is 4.79 Å². The number of rotatable bonds is 4. The summed E-state index contributed by atoms with van der Waals surface area (Å²) < 4.78 is 0. The molecule has 8 nitrogen and oxygen atoms in total. The number of para-hydroxylation sites is 1. The first-order valence-corrected chi connectivity index (χ1v) is 11.2. The van der Waals surface area contributed by atoms with Gasteiger partial charge in [-0.1, -0.05) is 42.5 Å². The van der Waals surface area contributed by atoms with Crippen LogP contribution in [0.3, 0.4) is 0 Å². The Hall–Kier alpha value is -3.94. The molecule has 0 radical (unpaired) electrons. The third-order valence-electron chi connectivity index (χ3n) is 6.82. The van der Waals surface area contributed by atoms with Crippen LogP contribution in [0.4, 0.5) is 16.4 Å². The number of urea groups is 1. The summed E-state index contributed by atoms with van der Waals surface area (Å²) in [4.78, 5) is 23.8. The van der Waals surface area contributed by atoms with Crippen molar-refractivity contribution in [2.24, 2.45) is 0 Å². The maximum Gasteiger partial charge on any atom is 0.318 e. The molecule has 1 aliphatic carbocycles. The Balaban J connectivity index is 1.21. The van der Waals surface area contributed by atoms with Crippen LogP contribution in [0, 0.1) is 0 Å². The van der Waals surface area contributed by atoms with E-state index in [4.69, 9.17) is 0 Å². The van der Waals surface area contributed by atoms with Gasteiger partial charge in [-0.15, -0.1) is 0 Å². The molecule has 1 aliphatic heterocycles. The summed E-state index contributed by atoms with van der Waals surface area (Å²) in [5.41, 5.74) is 3.56. The van der Waals surface area contributed by atoms with Gasteiger partial charge < -0.3 is 15.5 Å². The van der Waals surface area contributed by atoms with Crippen LogP contribution >= 0.6 is 0 Å². The summed E-state index contributed by atoms with van der Waals surface area (Å²) in [5.74, 6) is 1.77. The van der Waals surface area contributed by atoms with Crippen molar-refractivity contribution in [3.63, 3.8) is 0 Å². The molecule has 2 aromatic carbocycles. The Morgan fingerprint density at radius 3 is 2.70 bits per heavy atom. The van der Waals surface area contributed by atoms with Gasteiger partial charge in [-0.3, -0.25) is 5.10 Å². The molecule has 2 amide bonds. The second-order valence-electron chi connectivity index (χ2n) is 9.24. The molecule has 3 heterocycles. The molecule has 2 aliphatic rings. The van der Waals surface area contributed by atoms with E-state index < -0.39 is 5.54 Å². The minimum Gasteiger partial charge on any atom is -0.335 e. The predicted octanol–water partition coefficient (Wildman–Crippen LogP) is 4.41. The van der Waals surface area contributed by atoms with Gasteiger partial charge in [0.1, 0.15) is 12.1 Å². The number of nitrogens with one attached hydrogen (secondary N) is 3. The van der Waals surface area contributed by atoms with Crippen LogP contribution in [0.25, 0.3) is 10.9 Å². The number of carbonyl (C=O) groups excluding carboxylic acids is 1. The monoisotopic (exact) mass is 439 g/mol. The van der Waals surface area contributed by atoms with Crippen LogP contribution in [-0.2, 0) is 12.1 Å². The molecule has 2 atom stereocenters. The van der Waals surface area contributed by atoms with Crippen molar-refractivity contribution in [3.8, 4) is 0 Å². The lowest BCUT2D eigenvalue weighted by Crippen LogP contribution is -2.47. The van der Waals surface area contributed by atoms with Gasteiger partial charge in [0.15, 0.2) is 5.82 Å². The zero-order valence-electron chi connectivity index (χ0n) is 18.5. The summed E-state index contributed by atoms with van der Waals surface area (Å²) in [6.07, 6.45) is 2.52. The number of anilines is 2. The lowest BCUT2D eigenvalue weighted by Gasteiger charge is -2.32. The third-order valence-corrected chi connectivity index (χ3v) is 6.82. The van der Waals surface area contributed by atoms with Crippen molar-refractivity contribution >= 4 is 28.6 Å². The van der Waals surface area contributed by atoms with Gasteiger partial charge in [-0.25, -0.2) is 14.8 Å². The zero-order chi connectivity index (χ0) is 22.6. The number of benzene rings is 2. The maximum absolute atomic E-state index is 13.2. The highest BCUT2D eigenvalue weighted by molar-refractivity contribution is 5.90. The lowest BCUT2D eigenvalue weighted by molar-refractivity contribution is 0.142. The quantitative estimate of drug-likeness (QED) is 0.437. The largest absolute Gasteiger partial charge is 0.335 e. The molecule has 8 heteroatoms. The van der Waals surface area contributed by atoms with E-state index in [0.29, 0.717) is 24.1 Å². The number of amides is 2. The third kappa shape index (κ3) is 3.29. The smallest absolute Gasteiger partial charge is 0.318 e. The first-order valence-electron chi connectivity index (χ1n) is 11.2. The van der Waals surface area contributed by atoms with Crippen LogP contribution in [0.2, 0.25) is 0 Å². The number of aromatic amines is 1. The van der Waals surface area contributed by atoms with Crippen molar-refractivity contribution in [2.75, 3.05) is 5.32 Å². The van der Waals surface area contributed by atoms with Crippen LogP contribution in [0.1, 0.15) is 43.0 Å². The van der Waals surface area contributed by atoms with E-state index in [1.54, 1.807) is 6.33 Å². The van der Waals surface area contributed by atoms with Crippen molar-refractivity contribution in [1.82, 2.24) is 30.4 Å². The highest BCUT2D eigenvalue weighted by atomic mass is 16.2. The van der Waals surface area contributed by atoms with Gasteiger partial charge in [0, 0.05) is 22.9 Å². The second-order valence-corrected chi connectivity index (χ2v) is 9.24. The van der Waals surface area contributed by atoms with Crippen LogP contribution in [0.15, 0.2) is 60.9 Å². The summed E-state index contributed by atoms with van der Waals surface area (Å²) in [5, 5.41) is 15.2. The summed E-state index contributed by atoms with van der Waals surface area (Å²) >= 11 is 0. The zero-order valence-corrected chi connectivity index (χ0v) is 18.5. The molecule has 1 fully saturated rings. The molecule has 0 unspecified atom stereocenters. The van der Waals surface area contributed by atoms with E-state index in [0.717, 1.165) is 28.6 Å². The molecule has 33 heavy (non-hydrogen) atoms. The SMILES string of the molecule is CC1(C)c2[nH]nc(Nc3ncnc4ccccc34)c2CN1C(=O)N[C@@H]1C[C@H]1c1ccccc1. The number of nitrogens with zero attached hydrogens (tertiary/aromatic N) is 4. The van der Waals surface area contributed by atoms with Crippen molar-refractivity contribution < 1.29 is 4.79 Å². The highest BCUT2D eigenvalue weighted by Crippen LogP contribution is 2.44. The van der Waals surface area contributed by atoms with Crippen molar-refractivity contribution in [1.29, 1.82) is 0 Å². The molecule has 2 aromatic heterocycles. The van der Waals surface area contributed by atoms with Gasteiger partial charge in [-0.2, -0.15) is 5.10 Å². The molecule has 3 N–H and O–H groups in total. The Morgan fingerprint density at radius 1 is 1.06 bits per heavy atom. The number of hydrogen-bond donors (Lipinski definition) is 3. The fourth-order valence-electron chi connectivity index (χ4n) is 4.82. The first-order chi connectivity index (χ1) is 16.0. The van der Waals surface area contributed by atoms with Crippen molar-refractivity contribution in [2.45, 2.75) is 44.3 Å². The molecule has 166 valence electrons. The van der Waals surface area contributed by atoms with E-state index in [-0.39, 0.29) is 12.1 Å². The fourth-order valence-corrected chi connectivity index (χ4v) is 4.82. The minimum absolute atomic E-state index is 0.0496. The predicted molar refractivity (Wildman–Crippen MR) is 126 cm³/mol. The minimum atomic E-state index is -0.503. The van der Waals surface area contributed by atoms with Crippen LogP contribution in [-0.4, -0.2) is 37.1 Å². The number of H-pyrrole nitrogens is 1. The Labute approximate surface area is 191 Å². The molecule has 6 rings (SSSR count). The summed E-state index contributed by atoms with van der Waals surface area (Å²) in [7, 11) is 0. The van der Waals surface area contributed by atoms with Gasteiger partial charge in [0.05, 0.1) is 23.3 Å². The van der Waals surface area contributed by atoms with E-state index in [2.05, 4.69) is 42.9 Å². The summed E-state index contributed by atoms with van der Waals surface area (Å²) in [6, 6.07) is 18.3. The van der Waals surface area contributed by atoms with Crippen LogP contribution in [0.5, 0.6) is 0 Å². The molecule has 1 saturated carbocycles. The number of aromatic nitrogens is 4. The van der Waals surface area contributed by atoms with Crippen LogP contribution < -0.4 is 10.6 Å². The first kappa shape index (κ1) is 19.7. The molecular weight excluding hydrogens is 414 g/mol. The average Bonchev–Trinajstić information content (AvgIpc) is 3.38. The van der Waals surface area contributed by atoms with Gasteiger partial charge in [0.2, 0.25) is 0 Å². The number of hydrogen-bond acceptors (Lipinski definition) is 5. The molecule has 0 bridgehead atoms. The molecule has 0 spiro atoms. The number of carbonyl (C=O) groups is 1. The average molecular weight is 440 g/mol. The lowest BCUT2D eigenvalue weighted by atomic mass is 10.0. The Morgan fingerprint density at radius 2 is 1.85 bits per heavy atom. The molecule has 0 saturated heterocycles. The topological polar surface area (TPSA) is 98.8 Å². The maximum atomic E-state index is 13.2. The molecular formula is C25H25N7O. The van der Waals surface area contributed by atoms with Gasteiger partial charge in [0.25, 0.3) is 0 Å². The second kappa shape index (κ2) is 7.30. The fraction of sp³-hybridized carbons (Fsp3) is 0.280. The summed E-state index contributed by atoms with van der Waals surface area (Å²) in [6.45, 7) is 4.56. The standard InChI is InChI=1S/C25H25N7O/c1-25(2)21-18(13-32(25)24(33)28-20-12-17(20)15-8-4-3-5-9-15)23(31-30-21)29-22-16-10-6-7-11-19(16)26-14-27-22/h3-11,14,17,20H,12-13H2,1-2H3,(H,28,33)(H2,26,27,29,30,31)/t17-,20+/m0/s1. The van der Waals surface area contributed by atoms with Gasteiger partial charge in [-0.05, 0) is 38.0 Å². The Kier molecular flexibility index (Phi) is 4.36. The number of fused-ring (bicyclic) bond motifs is 2. The van der Waals surface area contributed by atoms with Crippen molar-refractivity contribution in [3.05, 3.63) is 77.7 Å². The normalized spacial score (nSPS) is 20.5. The van der Waals surface area contributed by atoms with E-state index in [1.807, 2.05) is 61.2 Å². The molecule has 4 aromatic rings. The Bertz CT molecular complexity index is 1340. The highest BCUT2D eigenvalue weighted by Gasteiger charge is 2.46. The van der Waals surface area contributed by atoms with E-state index in [1.165, 1.54) is 5.56 Å². The van der Waals surface area contributed by atoms with Gasteiger partial charge >= 0.3 is 6.03 Å².